The van der Waals surface area contributed by atoms with Gasteiger partial charge in [-0.15, -0.1) is 0 Å². The molecule has 65 valence electrons. The highest BCUT2D eigenvalue weighted by Gasteiger charge is 2.09. The van der Waals surface area contributed by atoms with E-state index < -0.39 is 4.92 Å². The van der Waals surface area contributed by atoms with Crippen LogP contribution < -0.4 is 4.74 Å². The monoisotopic (exact) mass is 177 g/mol. The summed E-state index contributed by atoms with van der Waals surface area (Å²) in [5, 5.41) is 18.9. The van der Waals surface area contributed by atoms with E-state index in [2.05, 4.69) is 11.8 Å². The quantitative estimate of drug-likeness (QED) is 0.508. The second-order valence-corrected chi connectivity index (χ2v) is 2.23. The predicted molar refractivity (Wildman–Crippen MR) is 43.8 cm³/mol. The Bertz CT molecular complexity index is 381. The maximum absolute atomic E-state index is 10.4. The topological polar surface area (TPSA) is 76.2 Å². The normalized spacial score (nSPS) is 8.92. The SMILES string of the molecule is [CH2]Oc1cc(C#N)cc([N+](=O)[O-])c1. The molecule has 0 saturated carbocycles. The lowest BCUT2D eigenvalue weighted by molar-refractivity contribution is -0.384. The molecule has 0 aliphatic carbocycles. The molecule has 1 aromatic carbocycles. The van der Waals surface area contributed by atoms with Gasteiger partial charge < -0.3 is 4.74 Å². The summed E-state index contributed by atoms with van der Waals surface area (Å²) in [4.78, 5) is 9.76. The van der Waals surface area contributed by atoms with E-state index in [-0.39, 0.29) is 17.0 Å². The fourth-order valence-electron chi connectivity index (χ4n) is 0.837. The third-order valence-electron chi connectivity index (χ3n) is 1.40. The van der Waals surface area contributed by atoms with Crippen molar-refractivity contribution in [1.29, 1.82) is 5.26 Å². The highest BCUT2D eigenvalue weighted by atomic mass is 16.6. The number of ether oxygens (including phenoxy) is 1. The van der Waals surface area contributed by atoms with Crippen molar-refractivity contribution < 1.29 is 9.66 Å². The van der Waals surface area contributed by atoms with E-state index in [9.17, 15) is 10.1 Å². The first-order valence-electron chi connectivity index (χ1n) is 3.29. The molecule has 1 rings (SSSR count). The lowest BCUT2D eigenvalue weighted by atomic mass is 10.2. The number of benzene rings is 1. The van der Waals surface area contributed by atoms with Gasteiger partial charge in [-0.1, -0.05) is 0 Å². The molecular weight excluding hydrogens is 172 g/mol. The number of non-ortho nitro benzene ring substituents is 1. The van der Waals surface area contributed by atoms with Crippen molar-refractivity contribution >= 4 is 5.69 Å². The van der Waals surface area contributed by atoms with Gasteiger partial charge >= 0.3 is 0 Å². The summed E-state index contributed by atoms with van der Waals surface area (Å²) < 4.78 is 4.54. The maximum Gasteiger partial charge on any atom is 0.274 e. The van der Waals surface area contributed by atoms with Gasteiger partial charge in [-0.25, -0.2) is 0 Å². The van der Waals surface area contributed by atoms with Crippen molar-refractivity contribution in [2.75, 3.05) is 0 Å². The lowest BCUT2D eigenvalue weighted by Gasteiger charge is -1.98. The first-order valence-corrected chi connectivity index (χ1v) is 3.29. The molecule has 0 fully saturated rings. The van der Waals surface area contributed by atoms with Crippen LogP contribution in [0.5, 0.6) is 5.75 Å². The van der Waals surface area contributed by atoms with E-state index in [1.807, 2.05) is 0 Å². The van der Waals surface area contributed by atoms with Crippen LogP contribution in [0.4, 0.5) is 5.69 Å². The highest BCUT2D eigenvalue weighted by Crippen LogP contribution is 2.21. The van der Waals surface area contributed by atoms with Crippen molar-refractivity contribution in [1.82, 2.24) is 0 Å². The minimum Gasteiger partial charge on any atom is -0.490 e. The van der Waals surface area contributed by atoms with Crippen LogP contribution >= 0.6 is 0 Å². The molecule has 0 aliphatic rings. The largest absolute Gasteiger partial charge is 0.490 e. The van der Waals surface area contributed by atoms with Gasteiger partial charge in [-0.2, -0.15) is 5.26 Å². The summed E-state index contributed by atoms with van der Waals surface area (Å²) in [7, 11) is 3.10. The molecule has 0 bridgehead atoms. The maximum atomic E-state index is 10.4. The first kappa shape index (κ1) is 9.00. The first-order chi connectivity index (χ1) is 6.17. The Morgan fingerprint density at radius 1 is 1.54 bits per heavy atom. The van der Waals surface area contributed by atoms with Crippen molar-refractivity contribution in [3.8, 4) is 11.8 Å². The Morgan fingerprint density at radius 3 is 2.69 bits per heavy atom. The van der Waals surface area contributed by atoms with Crippen molar-refractivity contribution in [2.24, 2.45) is 0 Å². The fourth-order valence-corrected chi connectivity index (χ4v) is 0.837. The molecule has 0 heterocycles. The van der Waals surface area contributed by atoms with Gasteiger partial charge in [0.2, 0.25) is 0 Å². The third kappa shape index (κ3) is 1.93. The van der Waals surface area contributed by atoms with E-state index in [0.717, 1.165) is 0 Å². The van der Waals surface area contributed by atoms with Crippen molar-refractivity contribution in [3.05, 3.63) is 41.0 Å². The Balaban J connectivity index is 3.24. The zero-order valence-corrected chi connectivity index (χ0v) is 6.56. The molecule has 13 heavy (non-hydrogen) atoms. The van der Waals surface area contributed by atoms with Crippen LogP contribution in [0.2, 0.25) is 0 Å². The molecule has 0 saturated heterocycles. The zero-order chi connectivity index (χ0) is 9.84. The summed E-state index contributed by atoms with van der Waals surface area (Å²) in [5.74, 6) is 0.200. The average Bonchev–Trinajstić information content (AvgIpc) is 2.16. The highest BCUT2D eigenvalue weighted by molar-refractivity contribution is 5.47. The van der Waals surface area contributed by atoms with Gasteiger partial charge in [0.1, 0.15) is 12.9 Å². The molecule has 0 atom stereocenters. The van der Waals surface area contributed by atoms with Gasteiger partial charge in [-0.3, -0.25) is 10.1 Å². The Hall–Kier alpha value is -2.09. The van der Waals surface area contributed by atoms with Crippen LogP contribution in [0, 0.1) is 28.6 Å². The molecular formula is C8H5N2O3. The van der Waals surface area contributed by atoms with E-state index in [0.29, 0.717) is 0 Å². The minimum absolute atomic E-state index is 0.174. The molecule has 0 unspecified atom stereocenters. The number of nitro groups is 1. The second kappa shape index (κ2) is 3.54. The minimum atomic E-state index is -0.594. The molecule has 5 heteroatoms. The summed E-state index contributed by atoms with van der Waals surface area (Å²) >= 11 is 0. The zero-order valence-electron chi connectivity index (χ0n) is 6.56. The van der Waals surface area contributed by atoms with Crippen LogP contribution in [-0.2, 0) is 0 Å². The van der Waals surface area contributed by atoms with Crippen LogP contribution in [0.15, 0.2) is 18.2 Å². The van der Waals surface area contributed by atoms with Crippen LogP contribution in [0.25, 0.3) is 0 Å². The van der Waals surface area contributed by atoms with Gasteiger partial charge in [0.15, 0.2) is 0 Å². The molecule has 1 aromatic rings. The van der Waals surface area contributed by atoms with Gasteiger partial charge in [0, 0.05) is 6.07 Å². The summed E-state index contributed by atoms with van der Waals surface area (Å²) in [6.45, 7) is 0. The fraction of sp³-hybridized carbons (Fsp3) is 0. The van der Waals surface area contributed by atoms with Crippen LogP contribution in [0.1, 0.15) is 5.56 Å². The van der Waals surface area contributed by atoms with E-state index in [1.54, 1.807) is 6.07 Å². The van der Waals surface area contributed by atoms with E-state index in [1.165, 1.54) is 18.2 Å². The number of hydrogen-bond donors (Lipinski definition) is 0. The summed E-state index contributed by atoms with van der Waals surface area (Å²) in [6.07, 6.45) is 0. The molecule has 0 amide bonds. The third-order valence-corrected chi connectivity index (χ3v) is 1.40. The molecule has 0 spiro atoms. The van der Waals surface area contributed by atoms with Gasteiger partial charge in [0.05, 0.1) is 22.6 Å². The number of rotatable bonds is 2. The average molecular weight is 177 g/mol. The van der Waals surface area contributed by atoms with Crippen LogP contribution in [-0.4, -0.2) is 4.92 Å². The molecule has 1 radical (unpaired) electrons. The molecule has 0 N–H and O–H groups in total. The van der Waals surface area contributed by atoms with Crippen LogP contribution in [0.3, 0.4) is 0 Å². The lowest BCUT2D eigenvalue weighted by Crippen LogP contribution is -1.90. The van der Waals surface area contributed by atoms with Gasteiger partial charge in [0.25, 0.3) is 5.69 Å². The Kier molecular flexibility index (Phi) is 2.45. The molecule has 0 aromatic heterocycles. The van der Waals surface area contributed by atoms with Crippen molar-refractivity contribution in [2.45, 2.75) is 0 Å². The van der Waals surface area contributed by atoms with E-state index >= 15 is 0 Å². The Labute approximate surface area is 74.3 Å². The number of nitro benzene ring substituents is 1. The van der Waals surface area contributed by atoms with E-state index in [4.69, 9.17) is 5.26 Å². The smallest absolute Gasteiger partial charge is 0.274 e. The molecule has 0 aliphatic heterocycles. The summed E-state index contributed by atoms with van der Waals surface area (Å²) in [6, 6.07) is 5.53. The molecule has 5 nitrogen and oxygen atoms in total. The van der Waals surface area contributed by atoms with Crippen molar-refractivity contribution in [3.63, 3.8) is 0 Å². The van der Waals surface area contributed by atoms with Gasteiger partial charge in [-0.05, 0) is 6.07 Å². The second-order valence-electron chi connectivity index (χ2n) is 2.23. The number of hydrogen-bond acceptors (Lipinski definition) is 4. The summed E-state index contributed by atoms with van der Waals surface area (Å²) in [5.41, 5.74) is -0.00875. The Morgan fingerprint density at radius 2 is 2.23 bits per heavy atom. The standard InChI is InChI=1S/C8H5N2O3/c1-13-8-3-6(5-9)2-7(4-8)10(11)12/h2-4H,1H2. The predicted octanol–water partition coefficient (Wildman–Crippen LogP) is 1.64. The number of nitriles is 1. The number of nitrogens with zero attached hydrogens (tertiary/aromatic N) is 2.